The number of aliphatic carboxylic acids is 1. The molecule has 37 heavy (non-hydrogen) atoms. The van der Waals surface area contributed by atoms with E-state index in [0.29, 0.717) is 19.1 Å². The van der Waals surface area contributed by atoms with E-state index in [4.69, 9.17) is 10.6 Å². The predicted octanol–water partition coefficient (Wildman–Crippen LogP) is 4.91. The van der Waals surface area contributed by atoms with Gasteiger partial charge in [-0.2, -0.15) is 0 Å². The highest BCUT2D eigenvalue weighted by molar-refractivity contribution is 7.41. The summed E-state index contributed by atoms with van der Waals surface area (Å²) in [5, 5.41) is 12.4. The van der Waals surface area contributed by atoms with Gasteiger partial charge in [-0.15, -0.1) is 0 Å². The molecule has 0 spiro atoms. The fraction of sp³-hybridized carbons (Fsp3) is 0.500. The van der Waals surface area contributed by atoms with Gasteiger partial charge >= 0.3 is 13.9 Å². The summed E-state index contributed by atoms with van der Waals surface area (Å²) in [5.41, 5.74) is 7.31. The average Bonchev–Trinajstić information content (AvgIpc) is 2.88. The fourth-order valence-electron chi connectivity index (χ4n) is 3.94. The van der Waals surface area contributed by atoms with Crippen molar-refractivity contribution in [1.82, 2.24) is 10.2 Å². The molecule has 3 atom stereocenters. The number of amides is 1. The normalized spacial score (nSPS) is 13.4. The SMILES string of the molecule is CC(C)C[C@H](NC(=O)[C@H](Cc1ccccc1)N(OCc1ccccc1)[P+](=O)CCCCCCN)C(=O)O. The van der Waals surface area contributed by atoms with Crippen molar-refractivity contribution in [3.05, 3.63) is 71.8 Å². The number of carbonyl (C=O) groups excluding carboxylic acids is 1. The second kappa shape index (κ2) is 17.0. The molecule has 0 saturated heterocycles. The molecule has 1 unspecified atom stereocenters. The zero-order valence-electron chi connectivity index (χ0n) is 21.9. The molecule has 2 aromatic rings. The van der Waals surface area contributed by atoms with Gasteiger partial charge in [0.05, 0.1) is 6.61 Å². The zero-order chi connectivity index (χ0) is 27.0. The lowest BCUT2D eigenvalue weighted by molar-refractivity contribution is -0.154. The van der Waals surface area contributed by atoms with Crippen LogP contribution in [0.15, 0.2) is 60.7 Å². The number of hydrogen-bond acceptors (Lipinski definition) is 5. The lowest BCUT2D eigenvalue weighted by Gasteiger charge is -2.24. The van der Waals surface area contributed by atoms with Crippen molar-refractivity contribution in [2.45, 2.75) is 71.1 Å². The van der Waals surface area contributed by atoms with Gasteiger partial charge in [-0.1, -0.05) is 80.9 Å². The molecule has 0 aromatic heterocycles. The van der Waals surface area contributed by atoms with E-state index in [2.05, 4.69) is 5.32 Å². The highest BCUT2D eigenvalue weighted by Crippen LogP contribution is 2.34. The molecule has 4 N–H and O–H groups in total. The van der Waals surface area contributed by atoms with Crippen LogP contribution in [0.5, 0.6) is 0 Å². The molecule has 0 radical (unpaired) electrons. The summed E-state index contributed by atoms with van der Waals surface area (Å²) in [5.74, 6) is -1.54. The van der Waals surface area contributed by atoms with Crippen LogP contribution in [-0.2, 0) is 32.0 Å². The predicted molar refractivity (Wildman–Crippen MR) is 146 cm³/mol. The molecular weight excluding hydrogens is 489 g/mol. The number of unbranched alkanes of at least 4 members (excludes halogenated alkanes) is 3. The largest absolute Gasteiger partial charge is 0.480 e. The molecular formula is C28H41N3O5P+. The second-order valence-corrected chi connectivity index (χ2v) is 11.1. The van der Waals surface area contributed by atoms with E-state index in [-0.39, 0.29) is 25.4 Å². The van der Waals surface area contributed by atoms with Gasteiger partial charge < -0.3 is 16.2 Å². The lowest BCUT2D eigenvalue weighted by Crippen LogP contribution is -2.51. The molecule has 0 heterocycles. The molecule has 0 aliphatic rings. The second-order valence-electron chi connectivity index (χ2n) is 9.57. The van der Waals surface area contributed by atoms with Gasteiger partial charge in [-0.25, -0.2) is 4.79 Å². The number of carboxylic acids is 1. The number of nitrogens with zero attached hydrogens (tertiary/aromatic N) is 1. The Morgan fingerprint density at radius 2 is 1.57 bits per heavy atom. The summed E-state index contributed by atoms with van der Waals surface area (Å²) in [6, 6.07) is 16.9. The van der Waals surface area contributed by atoms with Gasteiger partial charge in [0.1, 0.15) is 6.04 Å². The Bertz CT molecular complexity index is 959. The molecule has 0 aliphatic heterocycles. The lowest BCUT2D eigenvalue weighted by atomic mass is 10.0. The van der Waals surface area contributed by atoms with Gasteiger partial charge in [0.15, 0.2) is 12.2 Å². The van der Waals surface area contributed by atoms with Crippen LogP contribution in [0.1, 0.15) is 57.1 Å². The van der Waals surface area contributed by atoms with Crippen LogP contribution in [-0.4, -0.2) is 46.6 Å². The van der Waals surface area contributed by atoms with Gasteiger partial charge in [0.25, 0.3) is 0 Å². The van der Waals surface area contributed by atoms with E-state index in [0.717, 1.165) is 30.4 Å². The standard InChI is InChI=1S/C28H40N3O5P/c1-22(2)19-25(28(33)34)30-27(32)26(20-23-13-7-5-8-14-23)31(36-21-24-15-9-6-10-16-24)37(35)18-12-4-3-11-17-29/h5-10,13-16,22,25-26H,3-4,11-12,17-21,29H2,1-2H3,(H-,30,32,33,34)/p+1/t25-,26-/m0/s1. The van der Waals surface area contributed by atoms with Gasteiger partial charge in [0.2, 0.25) is 5.91 Å². The van der Waals surface area contributed by atoms with Crippen molar-refractivity contribution in [1.29, 1.82) is 0 Å². The average molecular weight is 531 g/mol. The minimum Gasteiger partial charge on any atom is -0.480 e. The van der Waals surface area contributed by atoms with Crippen molar-refractivity contribution in [3.63, 3.8) is 0 Å². The summed E-state index contributed by atoms with van der Waals surface area (Å²) >= 11 is 0. The Morgan fingerprint density at radius 3 is 2.14 bits per heavy atom. The Morgan fingerprint density at radius 1 is 0.973 bits per heavy atom. The zero-order valence-corrected chi connectivity index (χ0v) is 22.8. The summed E-state index contributed by atoms with van der Waals surface area (Å²) < 4.78 is 13.6. The number of hydrogen-bond donors (Lipinski definition) is 3. The highest BCUT2D eigenvalue weighted by Gasteiger charge is 2.42. The first-order valence-electron chi connectivity index (χ1n) is 13.0. The molecule has 0 aliphatic carbocycles. The maximum absolute atomic E-state index is 13.6. The van der Waals surface area contributed by atoms with Gasteiger partial charge in [-0.3, -0.25) is 9.63 Å². The Labute approximate surface area is 221 Å². The van der Waals surface area contributed by atoms with Crippen LogP contribution in [0, 0.1) is 5.92 Å². The van der Waals surface area contributed by atoms with Crippen molar-refractivity contribution >= 4 is 19.8 Å². The summed E-state index contributed by atoms with van der Waals surface area (Å²) in [6.07, 6.45) is 4.34. The number of carboxylic acid groups (broad SMARTS) is 1. The van der Waals surface area contributed by atoms with Crippen molar-refractivity contribution in [2.24, 2.45) is 11.7 Å². The van der Waals surface area contributed by atoms with Crippen LogP contribution in [0.25, 0.3) is 0 Å². The maximum Gasteiger partial charge on any atom is 0.461 e. The fourth-order valence-corrected chi connectivity index (χ4v) is 5.31. The monoisotopic (exact) mass is 530 g/mol. The number of nitrogens with one attached hydrogen (secondary N) is 1. The first-order chi connectivity index (χ1) is 17.8. The van der Waals surface area contributed by atoms with Crippen LogP contribution in [0.3, 0.4) is 0 Å². The number of nitrogens with two attached hydrogens (primary N) is 1. The minimum atomic E-state index is -2.06. The van der Waals surface area contributed by atoms with E-state index in [1.165, 1.54) is 4.83 Å². The van der Waals surface area contributed by atoms with Crippen molar-refractivity contribution in [2.75, 3.05) is 12.7 Å². The van der Waals surface area contributed by atoms with Gasteiger partial charge in [0, 0.05) is 11.3 Å². The molecule has 0 bridgehead atoms. The topological polar surface area (TPSA) is 122 Å². The summed E-state index contributed by atoms with van der Waals surface area (Å²) in [7, 11) is -2.06. The van der Waals surface area contributed by atoms with Crippen LogP contribution in [0.4, 0.5) is 0 Å². The minimum absolute atomic E-state index is 0.0737. The van der Waals surface area contributed by atoms with E-state index < -0.39 is 31.9 Å². The van der Waals surface area contributed by atoms with E-state index in [9.17, 15) is 19.3 Å². The van der Waals surface area contributed by atoms with Crippen molar-refractivity contribution in [3.8, 4) is 0 Å². The first-order valence-corrected chi connectivity index (χ1v) is 14.4. The molecule has 2 aromatic carbocycles. The molecule has 1 amide bonds. The molecule has 202 valence electrons. The third-order valence-electron chi connectivity index (χ3n) is 5.89. The highest BCUT2D eigenvalue weighted by atomic mass is 31.1. The van der Waals surface area contributed by atoms with E-state index >= 15 is 0 Å². The smallest absolute Gasteiger partial charge is 0.461 e. The van der Waals surface area contributed by atoms with Crippen molar-refractivity contribution < 1.29 is 24.1 Å². The quantitative estimate of drug-likeness (QED) is 0.142. The van der Waals surface area contributed by atoms with E-state index in [1.54, 1.807) is 0 Å². The van der Waals surface area contributed by atoms with Gasteiger partial charge in [-0.05, 0) is 53.8 Å². The number of hydroxylamine groups is 1. The molecule has 0 fully saturated rings. The number of benzene rings is 2. The first kappa shape index (κ1) is 30.6. The summed E-state index contributed by atoms with van der Waals surface area (Å²) in [4.78, 5) is 32.8. The maximum atomic E-state index is 13.6. The van der Waals surface area contributed by atoms with Crippen LogP contribution < -0.4 is 11.1 Å². The third-order valence-corrected chi connectivity index (χ3v) is 7.43. The van der Waals surface area contributed by atoms with Crippen LogP contribution >= 0.6 is 7.95 Å². The third kappa shape index (κ3) is 11.5. The molecule has 8 nitrogen and oxygen atoms in total. The number of carbonyl (C=O) groups is 2. The summed E-state index contributed by atoms with van der Waals surface area (Å²) in [6.45, 7) is 4.57. The molecule has 9 heteroatoms. The molecule has 2 rings (SSSR count). The van der Waals surface area contributed by atoms with Crippen LogP contribution in [0.2, 0.25) is 0 Å². The molecule has 0 saturated carbocycles. The Kier molecular flexibility index (Phi) is 14.0. The Hall–Kier alpha value is -2.64. The van der Waals surface area contributed by atoms with E-state index in [1.807, 2.05) is 74.5 Å². The number of rotatable bonds is 18. The Balaban J connectivity index is 2.31.